The summed E-state index contributed by atoms with van der Waals surface area (Å²) in [5.41, 5.74) is 7.41. The molecule has 0 aromatic heterocycles. The van der Waals surface area contributed by atoms with Gasteiger partial charge in [-0.2, -0.15) is 0 Å². The van der Waals surface area contributed by atoms with Crippen LogP contribution in [0.25, 0.3) is 0 Å². The van der Waals surface area contributed by atoms with Gasteiger partial charge in [-0.1, -0.05) is 34.2 Å². The lowest BCUT2D eigenvalue weighted by Crippen LogP contribution is -2.43. The first kappa shape index (κ1) is 9.48. The van der Waals surface area contributed by atoms with Gasteiger partial charge in [-0.25, -0.2) is 0 Å². The molecule has 0 saturated carbocycles. The molecule has 1 fully saturated rings. The van der Waals surface area contributed by atoms with Crippen molar-refractivity contribution in [1.29, 1.82) is 0 Å². The van der Waals surface area contributed by atoms with Crippen LogP contribution < -0.4 is 5.73 Å². The van der Waals surface area contributed by atoms with E-state index in [4.69, 9.17) is 5.73 Å². The van der Waals surface area contributed by atoms with Crippen LogP contribution in [0.2, 0.25) is 0 Å². The van der Waals surface area contributed by atoms with Gasteiger partial charge in [0.05, 0.1) is 6.17 Å². The lowest BCUT2D eigenvalue weighted by atomic mass is 10.0. The maximum Gasteiger partial charge on any atom is 0.0607 e. The van der Waals surface area contributed by atoms with Crippen LogP contribution in [0.15, 0.2) is 11.6 Å². The van der Waals surface area contributed by atoms with Gasteiger partial charge in [0.2, 0.25) is 0 Å². The number of hydrogen-bond donors (Lipinski definition) is 1. The second-order valence-electron chi connectivity index (χ2n) is 3.02. The topological polar surface area (TPSA) is 29.3 Å². The van der Waals surface area contributed by atoms with E-state index in [-0.39, 0.29) is 6.17 Å². The fourth-order valence-electron chi connectivity index (χ4n) is 1.31. The summed E-state index contributed by atoms with van der Waals surface area (Å²) in [6, 6.07) is 0. The Hall–Kier alpha value is 0.390. The standard InChI is InChI=1S/C8H15IN2/c1-11-5-3-7(2-4-9)6-8(11)10/h2,8H,3-6,10H2,1H3/b7-2+. The zero-order valence-electron chi connectivity index (χ0n) is 6.89. The largest absolute Gasteiger partial charge is 0.315 e. The van der Waals surface area contributed by atoms with Crippen molar-refractivity contribution in [3.8, 4) is 0 Å². The average molecular weight is 266 g/mol. The number of nitrogens with zero attached hydrogens (tertiary/aromatic N) is 1. The van der Waals surface area contributed by atoms with Crippen LogP contribution >= 0.6 is 22.6 Å². The maximum atomic E-state index is 5.88. The van der Waals surface area contributed by atoms with Crippen LogP contribution in [0.3, 0.4) is 0 Å². The quantitative estimate of drug-likeness (QED) is 0.441. The summed E-state index contributed by atoms with van der Waals surface area (Å²) in [6.45, 7) is 1.11. The van der Waals surface area contributed by atoms with Gasteiger partial charge >= 0.3 is 0 Å². The van der Waals surface area contributed by atoms with Gasteiger partial charge in [-0.15, -0.1) is 0 Å². The maximum absolute atomic E-state index is 5.88. The predicted octanol–water partition coefficient (Wildman–Crippen LogP) is 1.36. The second-order valence-corrected chi connectivity index (χ2v) is 3.90. The SMILES string of the molecule is CN1CC/C(=C\CI)CC1N. The Kier molecular flexibility index (Phi) is 3.81. The van der Waals surface area contributed by atoms with Gasteiger partial charge in [0.15, 0.2) is 0 Å². The molecule has 0 spiro atoms. The van der Waals surface area contributed by atoms with E-state index in [1.807, 2.05) is 0 Å². The molecule has 1 rings (SSSR count). The summed E-state index contributed by atoms with van der Waals surface area (Å²) in [4.78, 5) is 2.21. The summed E-state index contributed by atoms with van der Waals surface area (Å²) >= 11 is 2.37. The number of likely N-dealkylation sites (tertiary alicyclic amines) is 1. The van der Waals surface area contributed by atoms with E-state index >= 15 is 0 Å². The molecule has 0 radical (unpaired) electrons. The van der Waals surface area contributed by atoms with Gasteiger partial charge in [0.1, 0.15) is 0 Å². The fourth-order valence-corrected chi connectivity index (χ4v) is 1.93. The Morgan fingerprint density at radius 3 is 3.09 bits per heavy atom. The number of nitrogens with two attached hydrogens (primary N) is 1. The first-order valence-corrected chi connectivity index (χ1v) is 5.46. The number of rotatable bonds is 1. The smallest absolute Gasteiger partial charge is 0.0607 e. The molecule has 1 unspecified atom stereocenters. The summed E-state index contributed by atoms with van der Waals surface area (Å²) in [5.74, 6) is 0. The Morgan fingerprint density at radius 1 is 1.82 bits per heavy atom. The van der Waals surface area contributed by atoms with Crippen molar-refractivity contribution < 1.29 is 0 Å². The molecule has 1 aliphatic heterocycles. The molecule has 2 nitrogen and oxygen atoms in total. The van der Waals surface area contributed by atoms with Crippen molar-refractivity contribution in [2.75, 3.05) is 18.0 Å². The molecule has 1 saturated heterocycles. The minimum atomic E-state index is 0.248. The third-order valence-corrected chi connectivity index (χ3v) is 2.63. The van der Waals surface area contributed by atoms with E-state index in [1.54, 1.807) is 0 Å². The molecule has 1 atom stereocenters. The van der Waals surface area contributed by atoms with Crippen molar-refractivity contribution in [2.45, 2.75) is 19.0 Å². The van der Waals surface area contributed by atoms with Crippen molar-refractivity contribution in [1.82, 2.24) is 4.90 Å². The third-order valence-electron chi connectivity index (χ3n) is 2.19. The molecule has 1 aliphatic rings. The van der Waals surface area contributed by atoms with Crippen molar-refractivity contribution in [3.05, 3.63) is 11.6 Å². The van der Waals surface area contributed by atoms with Gasteiger partial charge in [0.25, 0.3) is 0 Å². The third kappa shape index (κ3) is 2.72. The average Bonchev–Trinajstić information content (AvgIpc) is 1.98. The van der Waals surface area contributed by atoms with Crippen molar-refractivity contribution in [3.63, 3.8) is 0 Å². The first-order valence-electron chi connectivity index (χ1n) is 3.93. The summed E-state index contributed by atoms with van der Waals surface area (Å²) in [6.07, 6.45) is 4.80. The molecular weight excluding hydrogens is 251 g/mol. The van der Waals surface area contributed by atoms with Crippen LogP contribution in [-0.2, 0) is 0 Å². The van der Waals surface area contributed by atoms with Crippen LogP contribution in [0, 0.1) is 0 Å². The lowest BCUT2D eigenvalue weighted by molar-refractivity contribution is 0.221. The van der Waals surface area contributed by atoms with Crippen LogP contribution in [0.5, 0.6) is 0 Å². The minimum absolute atomic E-state index is 0.248. The summed E-state index contributed by atoms with van der Waals surface area (Å²) < 4.78 is 1.11. The molecule has 64 valence electrons. The molecule has 3 heteroatoms. The van der Waals surface area contributed by atoms with E-state index in [9.17, 15) is 0 Å². The Bertz CT molecular complexity index is 156. The molecule has 0 aliphatic carbocycles. The van der Waals surface area contributed by atoms with Gasteiger partial charge in [-0.3, -0.25) is 4.90 Å². The number of allylic oxidation sites excluding steroid dienone is 1. The van der Waals surface area contributed by atoms with Crippen molar-refractivity contribution >= 4 is 22.6 Å². The Morgan fingerprint density at radius 2 is 2.55 bits per heavy atom. The normalized spacial score (nSPS) is 31.2. The van der Waals surface area contributed by atoms with Crippen molar-refractivity contribution in [2.24, 2.45) is 5.73 Å². The van der Waals surface area contributed by atoms with E-state index in [0.717, 1.165) is 17.4 Å². The number of piperidine rings is 1. The molecule has 11 heavy (non-hydrogen) atoms. The first-order chi connectivity index (χ1) is 5.24. The van der Waals surface area contributed by atoms with Gasteiger partial charge in [0, 0.05) is 11.0 Å². The highest BCUT2D eigenvalue weighted by molar-refractivity contribution is 14.1. The van der Waals surface area contributed by atoms with Crippen LogP contribution in [0.4, 0.5) is 0 Å². The van der Waals surface area contributed by atoms with E-state index in [2.05, 4.69) is 40.6 Å². The monoisotopic (exact) mass is 266 g/mol. The van der Waals surface area contributed by atoms with E-state index in [1.165, 1.54) is 12.0 Å². The molecule has 0 aromatic rings. The van der Waals surface area contributed by atoms with E-state index < -0.39 is 0 Å². The summed E-state index contributed by atoms with van der Waals surface area (Å²) in [7, 11) is 2.09. The number of halogens is 1. The lowest BCUT2D eigenvalue weighted by Gasteiger charge is -2.30. The highest BCUT2D eigenvalue weighted by Gasteiger charge is 2.17. The zero-order valence-corrected chi connectivity index (χ0v) is 9.04. The minimum Gasteiger partial charge on any atom is -0.315 e. The van der Waals surface area contributed by atoms with Gasteiger partial charge < -0.3 is 5.73 Å². The number of alkyl halides is 1. The molecular formula is C8H15IN2. The fraction of sp³-hybridized carbons (Fsp3) is 0.750. The number of hydrogen-bond acceptors (Lipinski definition) is 2. The molecule has 1 heterocycles. The Labute approximate surface area is 82.0 Å². The molecule has 0 bridgehead atoms. The van der Waals surface area contributed by atoms with Gasteiger partial charge in [-0.05, 0) is 19.9 Å². The molecule has 2 N–H and O–H groups in total. The molecule has 0 aromatic carbocycles. The van der Waals surface area contributed by atoms with Crippen LogP contribution in [-0.4, -0.2) is 29.1 Å². The highest BCUT2D eigenvalue weighted by atomic mass is 127. The zero-order chi connectivity index (χ0) is 8.27. The Balaban J connectivity index is 2.46. The van der Waals surface area contributed by atoms with Crippen LogP contribution in [0.1, 0.15) is 12.8 Å². The van der Waals surface area contributed by atoms with E-state index in [0.29, 0.717) is 0 Å². The highest BCUT2D eigenvalue weighted by Crippen LogP contribution is 2.17. The summed E-state index contributed by atoms with van der Waals surface area (Å²) in [5, 5.41) is 0. The molecule has 0 amide bonds. The second kappa shape index (κ2) is 4.42. The predicted molar refractivity (Wildman–Crippen MR) is 56.8 cm³/mol.